The van der Waals surface area contributed by atoms with E-state index in [-0.39, 0.29) is 11.1 Å². The number of amides is 1. The first-order chi connectivity index (χ1) is 13.0. The van der Waals surface area contributed by atoms with Crippen molar-refractivity contribution in [3.05, 3.63) is 95.1 Å². The van der Waals surface area contributed by atoms with Crippen LogP contribution in [0.25, 0.3) is 0 Å². The van der Waals surface area contributed by atoms with E-state index in [9.17, 15) is 13.6 Å². The molecule has 0 saturated carbocycles. The van der Waals surface area contributed by atoms with Crippen LogP contribution in [0.2, 0.25) is 0 Å². The first-order valence-corrected chi connectivity index (χ1v) is 8.14. The molecule has 2 N–H and O–H groups in total. The Labute approximate surface area is 155 Å². The lowest BCUT2D eigenvalue weighted by Gasteiger charge is -2.10. The molecule has 0 heterocycles. The Morgan fingerprint density at radius 1 is 0.963 bits per heavy atom. The predicted molar refractivity (Wildman–Crippen MR) is 99.2 cm³/mol. The third-order valence-corrected chi connectivity index (χ3v) is 3.86. The zero-order valence-corrected chi connectivity index (χ0v) is 14.2. The minimum absolute atomic E-state index is 0.213. The molecule has 0 aliphatic rings. The summed E-state index contributed by atoms with van der Waals surface area (Å²) in [7, 11) is 0. The lowest BCUT2D eigenvalue weighted by Crippen LogP contribution is -2.12. The van der Waals surface area contributed by atoms with Gasteiger partial charge in [-0.3, -0.25) is 4.79 Å². The summed E-state index contributed by atoms with van der Waals surface area (Å²) < 4.78 is 26.4. The van der Waals surface area contributed by atoms with Gasteiger partial charge in [0.15, 0.2) is 0 Å². The van der Waals surface area contributed by atoms with Crippen LogP contribution in [0.1, 0.15) is 21.5 Å². The molecule has 0 radical (unpaired) electrons. The fourth-order valence-electron chi connectivity index (χ4n) is 2.55. The van der Waals surface area contributed by atoms with Gasteiger partial charge in [-0.25, -0.2) is 8.78 Å². The van der Waals surface area contributed by atoms with Gasteiger partial charge in [0, 0.05) is 17.8 Å². The van der Waals surface area contributed by atoms with E-state index in [1.807, 2.05) is 12.1 Å². The molecule has 0 aliphatic carbocycles. The molecule has 4 nitrogen and oxygen atoms in total. The van der Waals surface area contributed by atoms with Gasteiger partial charge in [-0.05, 0) is 54.1 Å². The van der Waals surface area contributed by atoms with Crippen molar-refractivity contribution in [1.82, 2.24) is 0 Å². The number of halogens is 2. The van der Waals surface area contributed by atoms with Crippen molar-refractivity contribution in [2.24, 2.45) is 0 Å². The van der Waals surface area contributed by atoms with Crippen molar-refractivity contribution >= 4 is 17.3 Å². The number of rotatable bonds is 5. The van der Waals surface area contributed by atoms with E-state index < -0.39 is 17.5 Å². The molecule has 3 aromatic rings. The van der Waals surface area contributed by atoms with Gasteiger partial charge in [-0.1, -0.05) is 18.2 Å². The number of carbonyl (C=O) groups excluding carboxylic acids is 1. The smallest absolute Gasteiger partial charge is 0.255 e. The van der Waals surface area contributed by atoms with Crippen LogP contribution in [-0.2, 0) is 6.54 Å². The molecule has 0 spiro atoms. The van der Waals surface area contributed by atoms with Crippen LogP contribution in [0.4, 0.5) is 20.2 Å². The summed E-state index contributed by atoms with van der Waals surface area (Å²) in [6, 6.07) is 18.4. The van der Waals surface area contributed by atoms with Crippen molar-refractivity contribution < 1.29 is 13.6 Å². The lowest BCUT2D eigenvalue weighted by atomic mass is 10.1. The second-order valence-electron chi connectivity index (χ2n) is 5.82. The maximum Gasteiger partial charge on any atom is 0.255 e. The van der Waals surface area contributed by atoms with Crippen molar-refractivity contribution in [2.45, 2.75) is 6.54 Å². The number of anilines is 2. The number of nitrogens with one attached hydrogen (secondary N) is 2. The Morgan fingerprint density at radius 2 is 1.74 bits per heavy atom. The predicted octanol–water partition coefficient (Wildman–Crippen LogP) is 4.70. The fourth-order valence-corrected chi connectivity index (χ4v) is 2.55. The van der Waals surface area contributed by atoms with E-state index in [0.29, 0.717) is 17.9 Å². The van der Waals surface area contributed by atoms with Crippen LogP contribution < -0.4 is 10.6 Å². The average Bonchev–Trinajstić information content (AvgIpc) is 2.67. The largest absolute Gasteiger partial charge is 0.380 e. The number of nitriles is 1. The second kappa shape index (κ2) is 8.11. The summed E-state index contributed by atoms with van der Waals surface area (Å²) in [6.07, 6.45) is 0. The third-order valence-electron chi connectivity index (χ3n) is 3.86. The first kappa shape index (κ1) is 18.1. The molecule has 134 valence electrons. The van der Waals surface area contributed by atoms with Crippen molar-refractivity contribution in [2.75, 3.05) is 10.6 Å². The molecule has 0 fully saturated rings. The van der Waals surface area contributed by atoms with Crippen LogP contribution >= 0.6 is 0 Å². The maximum atomic E-state index is 13.2. The van der Waals surface area contributed by atoms with E-state index in [1.165, 1.54) is 36.4 Å². The van der Waals surface area contributed by atoms with Crippen LogP contribution in [-0.4, -0.2) is 5.91 Å². The van der Waals surface area contributed by atoms with Crippen LogP contribution in [0.3, 0.4) is 0 Å². The van der Waals surface area contributed by atoms with Gasteiger partial charge in [0.1, 0.15) is 17.7 Å². The Kier molecular flexibility index (Phi) is 5.43. The molecule has 0 saturated heterocycles. The van der Waals surface area contributed by atoms with Gasteiger partial charge in [0.25, 0.3) is 5.91 Å². The van der Waals surface area contributed by atoms with Gasteiger partial charge in [-0.2, -0.15) is 5.26 Å². The van der Waals surface area contributed by atoms with Gasteiger partial charge < -0.3 is 10.6 Å². The number of hydrogen-bond donors (Lipinski definition) is 2. The van der Waals surface area contributed by atoms with E-state index in [1.54, 1.807) is 18.2 Å². The van der Waals surface area contributed by atoms with E-state index in [4.69, 9.17) is 5.26 Å². The molecule has 1 amide bonds. The standard InChI is InChI=1S/C21H15F2N3O/c22-17-5-2-4-15(10-17)21(27)26-19-6-1-3-14(9-19)13-25-20-8-7-18(23)11-16(20)12-24/h1-11,25H,13H2,(H,26,27). The topological polar surface area (TPSA) is 64.9 Å². The SMILES string of the molecule is N#Cc1cc(F)ccc1NCc1cccc(NC(=O)c2cccc(F)c2)c1. The normalized spacial score (nSPS) is 10.1. The Bertz CT molecular complexity index is 1030. The van der Waals surface area contributed by atoms with E-state index >= 15 is 0 Å². The summed E-state index contributed by atoms with van der Waals surface area (Å²) in [4.78, 5) is 12.2. The van der Waals surface area contributed by atoms with Gasteiger partial charge in [0.05, 0.1) is 11.3 Å². The molecule has 0 bridgehead atoms. The summed E-state index contributed by atoms with van der Waals surface area (Å²) in [5, 5.41) is 14.9. The highest BCUT2D eigenvalue weighted by Gasteiger charge is 2.08. The molecule has 0 atom stereocenters. The Balaban J connectivity index is 1.69. The minimum Gasteiger partial charge on any atom is -0.380 e. The quantitative estimate of drug-likeness (QED) is 0.690. The number of nitrogens with zero attached hydrogens (tertiary/aromatic N) is 1. The fraction of sp³-hybridized carbons (Fsp3) is 0.0476. The second-order valence-corrected chi connectivity index (χ2v) is 5.82. The van der Waals surface area contributed by atoms with Crippen LogP contribution in [0, 0.1) is 23.0 Å². The highest BCUT2D eigenvalue weighted by molar-refractivity contribution is 6.04. The molecule has 0 aliphatic heterocycles. The zero-order valence-electron chi connectivity index (χ0n) is 14.2. The lowest BCUT2D eigenvalue weighted by molar-refractivity contribution is 0.102. The molecule has 3 rings (SSSR count). The monoisotopic (exact) mass is 363 g/mol. The Morgan fingerprint density at radius 3 is 2.52 bits per heavy atom. The summed E-state index contributed by atoms with van der Waals surface area (Å²) in [6.45, 7) is 0.379. The number of benzene rings is 3. The van der Waals surface area contributed by atoms with Gasteiger partial charge in [-0.15, -0.1) is 0 Å². The maximum absolute atomic E-state index is 13.2. The minimum atomic E-state index is -0.479. The number of hydrogen-bond acceptors (Lipinski definition) is 3. The summed E-state index contributed by atoms with van der Waals surface area (Å²) >= 11 is 0. The molecule has 27 heavy (non-hydrogen) atoms. The highest BCUT2D eigenvalue weighted by atomic mass is 19.1. The highest BCUT2D eigenvalue weighted by Crippen LogP contribution is 2.18. The molecule has 0 aromatic heterocycles. The van der Waals surface area contributed by atoms with Crippen molar-refractivity contribution in [3.8, 4) is 6.07 Å². The van der Waals surface area contributed by atoms with Gasteiger partial charge >= 0.3 is 0 Å². The molecule has 6 heteroatoms. The molecular weight excluding hydrogens is 348 g/mol. The summed E-state index contributed by atoms with van der Waals surface area (Å²) in [5.41, 5.74) is 2.37. The first-order valence-electron chi connectivity index (χ1n) is 8.14. The van der Waals surface area contributed by atoms with Crippen LogP contribution in [0.5, 0.6) is 0 Å². The van der Waals surface area contributed by atoms with Gasteiger partial charge in [0.2, 0.25) is 0 Å². The zero-order chi connectivity index (χ0) is 19.2. The number of carbonyl (C=O) groups is 1. The van der Waals surface area contributed by atoms with Crippen LogP contribution in [0.15, 0.2) is 66.7 Å². The van der Waals surface area contributed by atoms with E-state index in [0.717, 1.165) is 11.6 Å². The average molecular weight is 363 g/mol. The Hall–Kier alpha value is -3.72. The molecule has 0 unspecified atom stereocenters. The molecular formula is C21H15F2N3O. The third kappa shape index (κ3) is 4.67. The molecule has 3 aromatic carbocycles. The van der Waals surface area contributed by atoms with E-state index in [2.05, 4.69) is 10.6 Å². The summed E-state index contributed by atoms with van der Waals surface area (Å²) in [5.74, 6) is -1.36. The van der Waals surface area contributed by atoms with Crippen molar-refractivity contribution in [3.63, 3.8) is 0 Å². The van der Waals surface area contributed by atoms with Crippen molar-refractivity contribution in [1.29, 1.82) is 5.26 Å².